The number of fused-ring (bicyclic) bond motifs is 6. The monoisotopic (exact) mass is 2160 g/mol. The molecule has 0 fully saturated rings. The molecule has 14 rings (SSSR count). The molecule has 0 unspecified atom stereocenters. The maximum atomic E-state index is 7.29. The average molecular weight is 2160 g/mol. The molecule has 0 amide bonds. The molecule has 12 aromatic carbocycles. The van der Waals surface area contributed by atoms with Gasteiger partial charge in [-0.2, -0.15) is 0 Å². The van der Waals surface area contributed by atoms with Crippen LogP contribution >= 0.6 is 31.7 Å². The standard InChI is InChI=1S/2C28H28P2.2C18H12Si.4Au/c2*1-5-15-25(16-6-1)29(26-17-7-2-8-18-26)23-13-14-24-30(27-19-9-3-10-20-27)28-21-11-4-12-22-28;2*1-5-13-7-9-15-16-10-8-14(6-2)12-18(16)19(3,4)17(15)11-13;;;;/h2*1-12,15-22H,13-14,23-24H2;2*7-12H,3-4H3;;;;/q;;2*-2;4*+1/p+4. The molecule has 0 saturated carbocycles. The van der Waals surface area contributed by atoms with Crippen LogP contribution < -0.4 is 63.2 Å². The second-order valence-electron chi connectivity index (χ2n) is 26.0. The second kappa shape index (κ2) is 41.6. The first-order valence-electron chi connectivity index (χ1n) is 34.2. The summed E-state index contributed by atoms with van der Waals surface area (Å²) in [6, 6.07) is 114. The Labute approximate surface area is 679 Å². The molecule has 0 bridgehead atoms. The molecule has 102 heavy (non-hydrogen) atoms. The van der Waals surface area contributed by atoms with Crippen LogP contribution in [0.4, 0.5) is 0 Å². The quantitative estimate of drug-likeness (QED) is 0.0264. The second-order valence-corrected chi connectivity index (χ2v) is 45.2. The van der Waals surface area contributed by atoms with Crippen LogP contribution in [0.5, 0.6) is 0 Å². The largest absolute Gasteiger partial charge is 1.00 e. The van der Waals surface area contributed by atoms with Crippen LogP contribution in [-0.4, -0.2) is 40.8 Å². The van der Waals surface area contributed by atoms with Gasteiger partial charge in [-0.3, -0.25) is 23.7 Å². The van der Waals surface area contributed by atoms with Gasteiger partial charge in [0.1, 0.15) is 16.1 Å². The molecule has 2 aliphatic heterocycles. The van der Waals surface area contributed by atoms with Crippen molar-refractivity contribution in [3.63, 3.8) is 0 Å². The summed E-state index contributed by atoms with van der Waals surface area (Å²) in [5.74, 6) is 9.89. The van der Waals surface area contributed by atoms with Crippen molar-refractivity contribution in [3.05, 3.63) is 363 Å². The summed E-state index contributed by atoms with van der Waals surface area (Å²) in [5, 5.41) is 17.7. The first-order valence-corrected chi connectivity index (χ1v) is 47.0. The molecule has 0 atom stereocenters. The molecule has 2 heterocycles. The maximum absolute atomic E-state index is 7.29. The molecule has 0 spiro atoms. The number of unbranched alkanes of at least 4 members (excludes halogenated alkanes) is 2. The molecule has 12 aromatic rings. The van der Waals surface area contributed by atoms with E-state index >= 15 is 0 Å². The van der Waals surface area contributed by atoms with Gasteiger partial charge in [0.05, 0.1) is 98.8 Å². The molecule has 10 heteroatoms. The summed E-state index contributed by atoms with van der Waals surface area (Å²) in [6.07, 6.45) is 39.6. The maximum Gasteiger partial charge on any atom is 1.00 e. The molecule has 0 aliphatic carbocycles. The topological polar surface area (TPSA) is 0 Å². The van der Waals surface area contributed by atoms with Crippen molar-refractivity contribution in [3.8, 4) is 45.9 Å². The first kappa shape index (κ1) is 83.3. The van der Waals surface area contributed by atoms with E-state index in [2.05, 4.69) is 341 Å². The fourth-order valence-electron chi connectivity index (χ4n) is 13.9. The van der Waals surface area contributed by atoms with E-state index in [9.17, 15) is 0 Å². The van der Waals surface area contributed by atoms with Gasteiger partial charge >= 0.3 is 89.5 Å². The molecule has 0 N–H and O–H groups in total. The molecule has 0 radical (unpaired) electrons. The minimum absolute atomic E-state index is 0. The number of hydrogen-bond acceptors (Lipinski definition) is 0. The minimum Gasteiger partial charge on any atom is -0.366 e. The fourth-order valence-corrected chi connectivity index (χ4v) is 31.0. The number of hydrogen-bond donors (Lipinski definition) is 0. The van der Waals surface area contributed by atoms with Gasteiger partial charge in [0.2, 0.25) is 0 Å². The Hall–Kier alpha value is -6.01. The van der Waals surface area contributed by atoms with Gasteiger partial charge in [-0.1, -0.05) is 217 Å². The molecular weight excluding hydrogens is 2070 g/mol. The number of benzene rings is 12. The molecule has 0 nitrogen and oxygen atoms in total. The van der Waals surface area contributed by atoms with E-state index in [1.54, 1.807) is 0 Å². The van der Waals surface area contributed by atoms with Crippen LogP contribution in [0.3, 0.4) is 0 Å². The van der Waals surface area contributed by atoms with E-state index in [-0.39, 0.29) is 89.5 Å². The van der Waals surface area contributed by atoms with Crippen LogP contribution in [0.25, 0.3) is 22.3 Å². The smallest absolute Gasteiger partial charge is 0.366 e. The Balaban J connectivity index is 0.000000192. The molecule has 0 saturated heterocycles. The van der Waals surface area contributed by atoms with Crippen molar-refractivity contribution in [2.24, 2.45) is 0 Å². The van der Waals surface area contributed by atoms with Crippen molar-refractivity contribution in [1.29, 1.82) is 0 Å². The van der Waals surface area contributed by atoms with Gasteiger partial charge in [-0.15, -0.1) is 70.8 Å². The normalized spacial score (nSPS) is 11.8. The van der Waals surface area contributed by atoms with E-state index < -0.39 is 47.8 Å². The fraction of sp³-hybridized carbons (Fsp3) is 0.130. The first-order chi connectivity index (χ1) is 48.0. The van der Waals surface area contributed by atoms with Gasteiger partial charge in [0.15, 0.2) is 0 Å². The van der Waals surface area contributed by atoms with Gasteiger partial charge in [0.25, 0.3) is 0 Å². The summed E-state index contributed by atoms with van der Waals surface area (Å²) in [4.78, 5) is 0. The van der Waals surface area contributed by atoms with E-state index in [0.717, 1.165) is 22.3 Å². The van der Waals surface area contributed by atoms with Crippen LogP contribution in [0.2, 0.25) is 26.2 Å². The van der Waals surface area contributed by atoms with Crippen molar-refractivity contribution in [1.82, 2.24) is 0 Å². The van der Waals surface area contributed by atoms with Crippen molar-refractivity contribution >= 4 is 111 Å². The minimum atomic E-state index is -1.72. The van der Waals surface area contributed by atoms with Gasteiger partial charge in [0, 0.05) is 0 Å². The summed E-state index contributed by atoms with van der Waals surface area (Å²) < 4.78 is 0. The third kappa shape index (κ3) is 21.2. The van der Waals surface area contributed by atoms with Crippen LogP contribution in [0.1, 0.15) is 47.9 Å². The Morgan fingerprint density at radius 3 is 0.510 bits per heavy atom. The van der Waals surface area contributed by atoms with E-state index in [1.165, 1.54) is 136 Å². The Kier molecular flexibility index (Phi) is 34.0. The van der Waals surface area contributed by atoms with Crippen LogP contribution in [-0.2, 0) is 89.5 Å². The summed E-state index contributed by atoms with van der Waals surface area (Å²) >= 11 is 0. The van der Waals surface area contributed by atoms with Crippen molar-refractivity contribution < 1.29 is 89.5 Å². The van der Waals surface area contributed by atoms with Gasteiger partial charge < -0.3 is 25.7 Å². The third-order valence-corrected chi connectivity index (χ3v) is 37.8. The Bertz CT molecular complexity index is 3990. The number of rotatable bonds is 18. The molecule has 520 valence electrons. The van der Waals surface area contributed by atoms with E-state index in [4.69, 9.17) is 25.7 Å². The SMILES string of the molecule is [Au+].[Au+].[Au+].[Au+].[C-]#Cc1ccc2c(c1)[Si](C)(C)c1cc(C#[C-])ccc1-2.[C-]#Cc1ccc2c(c1)[Si](C)(C)c1cc(C#[C-])ccc1-2.c1ccc([PH+](CCCC[PH+](c2ccccc2)c2ccccc2)c2ccccc2)cc1.c1ccc([PH+](CCCC[PH+](c2ccccc2)c2ccccc2)c2ccccc2)cc1. The Morgan fingerprint density at radius 1 is 0.225 bits per heavy atom. The predicted octanol–water partition coefficient (Wildman–Crippen LogP) is 15.7. The zero-order valence-corrected chi connectivity index (χ0v) is 72.6. The van der Waals surface area contributed by atoms with E-state index in [1.807, 2.05) is 24.3 Å². The Morgan fingerprint density at radius 2 is 0.373 bits per heavy atom. The van der Waals surface area contributed by atoms with Gasteiger partial charge in [-0.05, 0) is 145 Å². The molecular formula is C92H84Au4P4Si2+4. The zero-order chi connectivity index (χ0) is 68.1. The van der Waals surface area contributed by atoms with Crippen molar-refractivity contribution in [2.45, 2.75) is 51.9 Å². The predicted molar refractivity (Wildman–Crippen MR) is 442 cm³/mol. The summed E-state index contributed by atoms with van der Waals surface area (Å²) in [5.41, 5.74) is 8.47. The van der Waals surface area contributed by atoms with Crippen LogP contribution in [0.15, 0.2) is 315 Å². The average Bonchev–Trinajstić information content (AvgIpc) is 1.59. The van der Waals surface area contributed by atoms with Crippen LogP contribution in [0, 0.1) is 49.4 Å². The van der Waals surface area contributed by atoms with E-state index in [0.29, 0.717) is 0 Å². The van der Waals surface area contributed by atoms with Gasteiger partial charge in [-0.25, -0.2) is 0 Å². The molecule has 0 aromatic heterocycles. The van der Waals surface area contributed by atoms with Crippen molar-refractivity contribution in [2.75, 3.05) is 24.6 Å². The summed E-state index contributed by atoms with van der Waals surface area (Å²) in [7, 11) is -6.30. The zero-order valence-electron chi connectivity index (χ0n) is 57.9. The summed E-state index contributed by atoms with van der Waals surface area (Å²) in [6.45, 7) is 9.27. The third-order valence-electron chi connectivity index (χ3n) is 19.1. The molecule has 2 aliphatic rings.